The van der Waals surface area contributed by atoms with Crippen LogP contribution in [0.15, 0.2) is 35.3 Å². The molecule has 0 bridgehead atoms. The van der Waals surface area contributed by atoms with Crippen LogP contribution < -0.4 is 4.80 Å². The average molecular weight is 192 g/mol. The van der Waals surface area contributed by atoms with Crippen molar-refractivity contribution in [2.45, 2.75) is 0 Å². The largest absolute Gasteiger partial charge is 0.249 e. The predicted octanol–water partition coefficient (Wildman–Crippen LogP) is 1.11. The average Bonchev–Trinajstić information content (AvgIpc) is 2.53. The van der Waals surface area contributed by atoms with Gasteiger partial charge in [-0.3, -0.25) is 0 Å². The van der Waals surface area contributed by atoms with E-state index in [-0.39, 0.29) is 0 Å². The number of para-hydroxylation sites is 1. The molecule has 1 heterocycles. The third-order valence-corrected chi connectivity index (χ3v) is 2.12. The first kappa shape index (κ1) is 8.12. The molecule has 0 radical (unpaired) electrons. The van der Waals surface area contributed by atoms with Gasteiger partial charge < -0.3 is 0 Å². The molecule has 13 heavy (non-hydrogen) atoms. The van der Waals surface area contributed by atoms with Gasteiger partial charge in [-0.2, -0.15) is 0 Å². The summed E-state index contributed by atoms with van der Waals surface area (Å²) >= 11 is 1.41. The lowest BCUT2D eigenvalue weighted by atomic mass is 10.3. The second-order valence-electron chi connectivity index (χ2n) is 2.47. The molecule has 0 aliphatic heterocycles. The van der Waals surface area contributed by atoms with Gasteiger partial charge in [0.15, 0.2) is 0 Å². The summed E-state index contributed by atoms with van der Waals surface area (Å²) in [5, 5.41) is 7.68. The molecule has 2 aromatic rings. The minimum Gasteiger partial charge on any atom is -0.217 e. The number of hydrogen-bond donors (Lipinski definition) is 0. The van der Waals surface area contributed by atoms with Gasteiger partial charge in [-0.1, -0.05) is 28.5 Å². The van der Waals surface area contributed by atoms with Crippen LogP contribution >= 0.6 is 11.5 Å². The Morgan fingerprint density at radius 1 is 1.31 bits per heavy atom. The maximum absolute atomic E-state index is 4.29. The summed E-state index contributed by atoms with van der Waals surface area (Å²) in [5.41, 5.74) is 0.902. The highest BCUT2D eigenvalue weighted by atomic mass is 32.1. The van der Waals surface area contributed by atoms with E-state index < -0.39 is 0 Å². The van der Waals surface area contributed by atoms with Crippen molar-refractivity contribution in [2.75, 3.05) is 0 Å². The molecule has 2 rings (SSSR count). The molecule has 0 N–H and O–H groups in total. The fourth-order valence-electron chi connectivity index (χ4n) is 0.912. The molecule has 5 heteroatoms. The van der Waals surface area contributed by atoms with Gasteiger partial charge in [-0.25, -0.2) is 9.06 Å². The summed E-state index contributed by atoms with van der Waals surface area (Å²) < 4.78 is 1.67. The zero-order chi connectivity index (χ0) is 9.10. The van der Waals surface area contributed by atoms with E-state index in [4.69, 9.17) is 0 Å². The summed E-state index contributed by atoms with van der Waals surface area (Å²) in [6, 6.07) is 9.71. The maximum atomic E-state index is 4.29. The number of aryl methyl sites for hydroxylation is 1. The molecule has 0 unspecified atom stereocenters. The number of hydrogen-bond acceptors (Lipinski definition) is 4. The highest BCUT2D eigenvalue weighted by molar-refractivity contribution is 7.03. The van der Waals surface area contributed by atoms with Crippen molar-refractivity contribution in [3.63, 3.8) is 0 Å². The van der Waals surface area contributed by atoms with Gasteiger partial charge in [0.05, 0.1) is 5.69 Å². The van der Waals surface area contributed by atoms with Gasteiger partial charge in [-0.05, 0) is 12.1 Å². The van der Waals surface area contributed by atoms with Crippen LogP contribution in [-0.4, -0.2) is 14.4 Å². The third kappa shape index (κ3) is 2.00. The van der Waals surface area contributed by atoms with Gasteiger partial charge >= 0.3 is 0 Å². The summed E-state index contributed by atoms with van der Waals surface area (Å²) in [6.45, 7) is 0. The van der Waals surface area contributed by atoms with Gasteiger partial charge in [0.2, 0.25) is 4.80 Å². The fourth-order valence-corrected chi connectivity index (χ4v) is 1.44. The smallest absolute Gasteiger partial charge is 0.217 e. The van der Waals surface area contributed by atoms with E-state index in [1.165, 1.54) is 11.5 Å². The zero-order valence-corrected chi connectivity index (χ0v) is 7.90. The topological polar surface area (TPSA) is 43.1 Å². The molecule has 0 atom stereocenters. The summed E-state index contributed by atoms with van der Waals surface area (Å²) in [7, 11) is 1.84. The lowest BCUT2D eigenvalue weighted by Crippen LogP contribution is -1.95. The van der Waals surface area contributed by atoms with E-state index in [0.717, 1.165) is 5.69 Å². The van der Waals surface area contributed by atoms with Crippen LogP contribution in [0.3, 0.4) is 0 Å². The number of benzene rings is 1. The van der Waals surface area contributed by atoms with Crippen LogP contribution in [0.4, 0.5) is 5.69 Å². The second-order valence-corrected chi connectivity index (χ2v) is 3.55. The lowest BCUT2D eigenvalue weighted by molar-refractivity contribution is 0.754. The van der Waals surface area contributed by atoms with E-state index in [1.54, 1.807) is 4.07 Å². The van der Waals surface area contributed by atoms with Crippen LogP contribution in [0.5, 0.6) is 0 Å². The summed E-state index contributed by atoms with van der Waals surface area (Å²) in [5.74, 6) is 0. The van der Waals surface area contributed by atoms with E-state index in [9.17, 15) is 0 Å². The van der Waals surface area contributed by atoms with Crippen LogP contribution in [0.25, 0.3) is 0 Å². The molecule has 1 aromatic heterocycles. The van der Waals surface area contributed by atoms with Crippen LogP contribution in [0.2, 0.25) is 0 Å². The Hall–Kier alpha value is -1.49. The third-order valence-electron chi connectivity index (χ3n) is 1.45. The molecule has 0 saturated heterocycles. The molecule has 66 valence electrons. The molecule has 4 nitrogen and oxygen atoms in total. The molecule has 0 aliphatic rings. The van der Waals surface area contributed by atoms with E-state index in [0.29, 0.717) is 4.80 Å². The first-order valence-corrected chi connectivity index (χ1v) is 4.59. The Morgan fingerprint density at radius 3 is 2.69 bits per heavy atom. The van der Waals surface area contributed by atoms with Crippen molar-refractivity contribution >= 4 is 17.2 Å². The maximum Gasteiger partial charge on any atom is 0.249 e. The van der Waals surface area contributed by atoms with Crippen LogP contribution in [-0.2, 0) is 7.05 Å². The Kier molecular flexibility index (Phi) is 2.18. The molecule has 0 fully saturated rings. The Labute approximate surface area is 79.3 Å². The van der Waals surface area contributed by atoms with Crippen molar-refractivity contribution in [2.24, 2.45) is 12.0 Å². The lowest BCUT2D eigenvalue weighted by Gasteiger charge is -1.86. The molecule has 0 saturated carbocycles. The minimum atomic E-state index is 0.675. The predicted molar refractivity (Wildman–Crippen MR) is 50.5 cm³/mol. The first-order chi connectivity index (χ1) is 6.34. The van der Waals surface area contributed by atoms with Gasteiger partial charge in [0.25, 0.3) is 0 Å². The quantitative estimate of drug-likeness (QED) is 0.679. The number of nitrogens with zero attached hydrogens (tertiary/aromatic N) is 4. The van der Waals surface area contributed by atoms with Crippen molar-refractivity contribution in [3.8, 4) is 0 Å². The zero-order valence-electron chi connectivity index (χ0n) is 7.08. The molecule has 0 aliphatic carbocycles. The van der Waals surface area contributed by atoms with E-state index in [2.05, 4.69) is 15.3 Å². The fraction of sp³-hybridized carbons (Fsp3) is 0.125. The SMILES string of the molecule is Cn1nnc(=Nc2ccccc2)s1. The van der Waals surface area contributed by atoms with Crippen molar-refractivity contribution < 1.29 is 0 Å². The molecular weight excluding hydrogens is 184 g/mol. The highest BCUT2D eigenvalue weighted by Crippen LogP contribution is 2.07. The summed E-state index contributed by atoms with van der Waals surface area (Å²) in [4.78, 5) is 4.96. The molecule has 1 aromatic carbocycles. The number of rotatable bonds is 1. The van der Waals surface area contributed by atoms with Crippen molar-refractivity contribution in [3.05, 3.63) is 35.1 Å². The standard InChI is InChI=1S/C8H8N4S/c1-12-11-10-8(13-12)9-7-5-3-2-4-6-7/h2-6H,1H3. The van der Waals surface area contributed by atoms with Gasteiger partial charge in [-0.15, -0.1) is 0 Å². The van der Waals surface area contributed by atoms with E-state index >= 15 is 0 Å². The second kappa shape index (κ2) is 3.49. The number of aromatic nitrogens is 3. The van der Waals surface area contributed by atoms with Gasteiger partial charge in [0, 0.05) is 18.6 Å². The van der Waals surface area contributed by atoms with Crippen LogP contribution in [0, 0.1) is 0 Å². The Morgan fingerprint density at radius 2 is 2.08 bits per heavy atom. The minimum absolute atomic E-state index is 0.675. The van der Waals surface area contributed by atoms with E-state index in [1.807, 2.05) is 37.4 Å². The molecular formula is C8H8N4S. The Bertz CT molecular complexity index is 442. The Balaban J connectivity index is 2.42. The highest BCUT2D eigenvalue weighted by Gasteiger charge is 1.90. The molecule has 0 spiro atoms. The first-order valence-electron chi connectivity index (χ1n) is 3.82. The molecule has 0 amide bonds. The van der Waals surface area contributed by atoms with Gasteiger partial charge in [0.1, 0.15) is 0 Å². The van der Waals surface area contributed by atoms with Crippen molar-refractivity contribution in [1.82, 2.24) is 14.4 Å². The monoisotopic (exact) mass is 192 g/mol. The summed E-state index contributed by atoms with van der Waals surface area (Å²) in [6.07, 6.45) is 0. The van der Waals surface area contributed by atoms with Crippen LogP contribution in [0.1, 0.15) is 0 Å². The van der Waals surface area contributed by atoms with Crippen molar-refractivity contribution in [1.29, 1.82) is 0 Å². The normalized spacial score (nSPS) is 11.9.